The van der Waals surface area contributed by atoms with Crippen molar-refractivity contribution in [1.82, 2.24) is 15.4 Å². The topological polar surface area (TPSA) is 112 Å². The molecule has 3 N–H and O–H groups in total. The summed E-state index contributed by atoms with van der Waals surface area (Å²) in [5.41, 5.74) is 0. The summed E-state index contributed by atoms with van der Waals surface area (Å²) < 4.78 is 0. The molecule has 0 radical (unpaired) electrons. The SMILES string of the molecule is CC(C)C[C@H](NC(=O)[C@H](CC(C)C)[C@H](C)N(O)C=O)C(=O)Nc1nccs1. The highest BCUT2D eigenvalue weighted by Crippen LogP contribution is 2.20. The van der Waals surface area contributed by atoms with E-state index < -0.39 is 18.0 Å². The Balaban J connectivity index is 2.92. The van der Waals surface area contributed by atoms with Crippen molar-refractivity contribution in [2.75, 3.05) is 5.32 Å². The lowest BCUT2D eigenvalue weighted by Gasteiger charge is -2.30. The maximum absolute atomic E-state index is 12.9. The van der Waals surface area contributed by atoms with Crippen molar-refractivity contribution < 1.29 is 19.6 Å². The fourth-order valence-electron chi connectivity index (χ4n) is 2.77. The molecule has 27 heavy (non-hydrogen) atoms. The lowest BCUT2D eigenvalue weighted by molar-refractivity contribution is -0.166. The zero-order chi connectivity index (χ0) is 20.6. The highest BCUT2D eigenvalue weighted by Gasteiger charge is 2.32. The molecule has 0 aliphatic rings. The van der Waals surface area contributed by atoms with E-state index in [1.165, 1.54) is 11.3 Å². The quantitative estimate of drug-likeness (QED) is 0.301. The Morgan fingerprint density at radius 1 is 1.19 bits per heavy atom. The molecule has 152 valence electrons. The van der Waals surface area contributed by atoms with E-state index in [0.717, 1.165) is 0 Å². The Hall–Kier alpha value is -2.00. The molecule has 3 amide bonds. The van der Waals surface area contributed by atoms with Gasteiger partial charge in [-0.05, 0) is 31.6 Å². The van der Waals surface area contributed by atoms with Crippen molar-refractivity contribution in [3.8, 4) is 0 Å². The Morgan fingerprint density at radius 3 is 2.30 bits per heavy atom. The molecule has 0 spiro atoms. The van der Waals surface area contributed by atoms with Crippen LogP contribution in [-0.4, -0.2) is 45.6 Å². The molecule has 3 atom stereocenters. The highest BCUT2D eigenvalue weighted by atomic mass is 32.1. The van der Waals surface area contributed by atoms with E-state index in [-0.39, 0.29) is 30.1 Å². The van der Waals surface area contributed by atoms with Gasteiger partial charge in [-0.25, -0.2) is 10.0 Å². The number of aromatic nitrogens is 1. The lowest BCUT2D eigenvalue weighted by atomic mass is 9.89. The van der Waals surface area contributed by atoms with E-state index in [1.54, 1.807) is 18.5 Å². The van der Waals surface area contributed by atoms with Gasteiger partial charge in [0.2, 0.25) is 18.2 Å². The minimum absolute atomic E-state index is 0.177. The van der Waals surface area contributed by atoms with Crippen molar-refractivity contribution in [3.63, 3.8) is 0 Å². The monoisotopic (exact) mass is 398 g/mol. The van der Waals surface area contributed by atoms with Crippen LogP contribution in [-0.2, 0) is 14.4 Å². The van der Waals surface area contributed by atoms with E-state index in [0.29, 0.717) is 23.0 Å². The fourth-order valence-corrected chi connectivity index (χ4v) is 3.30. The normalized spacial score (nSPS) is 14.5. The lowest BCUT2D eigenvalue weighted by Crippen LogP contribution is -2.51. The molecule has 1 aromatic rings. The van der Waals surface area contributed by atoms with Crippen LogP contribution in [0.25, 0.3) is 0 Å². The number of nitrogens with zero attached hydrogens (tertiary/aromatic N) is 2. The van der Waals surface area contributed by atoms with E-state index in [2.05, 4.69) is 15.6 Å². The molecule has 0 aromatic carbocycles. The van der Waals surface area contributed by atoms with Gasteiger partial charge in [-0.2, -0.15) is 0 Å². The first-order valence-electron chi connectivity index (χ1n) is 9.08. The maximum Gasteiger partial charge on any atom is 0.248 e. The third kappa shape index (κ3) is 7.64. The summed E-state index contributed by atoms with van der Waals surface area (Å²) in [7, 11) is 0. The second kappa shape index (κ2) is 11.0. The Bertz CT molecular complexity index is 607. The first-order valence-corrected chi connectivity index (χ1v) is 9.96. The number of thiazole rings is 1. The largest absolute Gasteiger partial charge is 0.344 e. The van der Waals surface area contributed by atoms with Crippen LogP contribution in [0.2, 0.25) is 0 Å². The van der Waals surface area contributed by atoms with Crippen LogP contribution >= 0.6 is 11.3 Å². The molecular formula is C18H30N4O4S. The summed E-state index contributed by atoms with van der Waals surface area (Å²) in [4.78, 5) is 40.4. The number of hydroxylamine groups is 2. The molecule has 0 aliphatic heterocycles. The van der Waals surface area contributed by atoms with Crippen molar-refractivity contribution in [1.29, 1.82) is 0 Å². The number of anilines is 1. The van der Waals surface area contributed by atoms with Crippen LogP contribution in [0, 0.1) is 17.8 Å². The third-order valence-corrected chi connectivity index (χ3v) is 4.86. The minimum atomic E-state index is -0.730. The van der Waals surface area contributed by atoms with Gasteiger partial charge in [-0.3, -0.25) is 19.6 Å². The number of hydrogen-bond acceptors (Lipinski definition) is 6. The van der Waals surface area contributed by atoms with Gasteiger partial charge in [-0.1, -0.05) is 27.7 Å². The molecule has 0 saturated carbocycles. The van der Waals surface area contributed by atoms with Gasteiger partial charge in [0.25, 0.3) is 0 Å². The molecule has 1 aromatic heterocycles. The van der Waals surface area contributed by atoms with Crippen molar-refractivity contribution in [2.45, 2.75) is 59.5 Å². The summed E-state index contributed by atoms with van der Waals surface area (Å²) in [5.74, 6) is -0.975. The van der Waals surface area contributed by atoms with Gasteiger partial charge >= 0.3 is 0 Å². The Morgan fingerprint density at radius 2 is 1.81 bits per heavy atom. The number of rotatable bonds is 11. The van der Waals surface area contributed by atoms with Crippen molar-refractivity contribution >= 4 is 34.7 Å². The number of amides is 3. The third-order valence-electron chi connectivity index (χ3n) is 4.17. The smallest absolute Gasteiger partial charge is 0.248 e. The summed E-state index contributed by atoms with van der Waals surface area (Å²) in [6.45, 7) is 9.44. The highest BCUT2D eigenvalue weighted by molar-refractivity contribution is 7.13. The average Bonchev–Trinajstić information content (AvgIpc) is 3.09. The van der Waals surface area contributed by atoms with Crippen molar-refractivity contribution in [3.05, 3.63) is 11.6 Å². The van der Waals surface area contributed by atoms with Crippen LogP contribution in [0.3, 0.4) is 0 Å². The van der Waals surface area contributed by atoms with Crippen LogP contribution in [0.5, 0.6) is 0 Å². The van der Waals surface area contributed by atoms with E-state index in [1.807, 2.05) is 27.7 Å². The van der Waals surface area contributed by atoms with Gasteiger partial charge in [0.15, 0.2) is 5.13 Å². The van der Waals surface area contributed by atoms with Crippen LogP contribution in [0.4, 0.5) is 5.13 Å². The summed E-state index contributed by atoms with van der Waals surface area (Å²) in [6.07, 6.45) is 2.81. The molecule has 0 aliphatic carbocycles. The van der Waals surface area contributed by atoms with Gasteiger partial charge < -0.3 is 10.6 Å². The molecule has 8 nitrogen and oxygen atoms in total. The number of carbonyl (C=O) groups is 3. The molecule has 0 bridgehead atoms. The van der Waals surface area contributed by atoms with Gasteiger partial charge in [0.1, 0.15) is 6.04 Å². The predicted molar refractivity (Wildman–Crippen MR) is 104 cm³/mol. The standard InChI is InChI=1S/C18H30N4O4S/c1-11(2)8-14(13(5)22(26)10-23)16(24)20-15(9-12(3)4)17(25)21-18-19-6-7-27-18/h6-7,10-15,26H,8-9H2,1-5H3,(H,20,24)(H,19,21,25)/t13-,14+,15-/m0/s1. The number of nitrogens with one attached hydrogen (secondary N) is 2. The van der Waals surface area contributed by atoms with E-state index in [4.69, 9.17) is 0 Å². The Kier molecular flexibility index (Phi) is 9.37. The van der Waals surface area contributed by atoms with Crippen molar-refractivity contribution in [2.24, 2.45) is 17.8 Å². The average molecular weight is 399 g/mol. The number of carbonyl (C=O) groups excluding carboxylic acids is 3. The molecule has 9 heteroatoms. The summed E-state index contributed by atoms with van der Waals surface area (Å²) >= 11 is 1.30. The second-order valence-electron chi connectivity index (χ2n) is 7.48. The molecule has 1 heterocycles. The van der Waals surface area contributed by atoms with E-state index in [9.17, 15) is 19.6 Å². The second-order valence-corrected chi connectivity index (χ2v) is 8.37. The molecular weight excluding hydrogens is 368 g/mol. The fraction of sp³-hybridized carbons (Fsp3) is 0.667. The molecule has 0 fully saturated rings. The van der Waals surface area contributed by atoms with Gasteiger partial charge in [-0.15, -0.1) is 11.3 Å². The minimum Gasteiger partial charge on any atom is -0.344 e. The zero-order valence-corrected chi connectivity index (χ0v) is 17.3. The van der Waals surface area contributed by atoms with Gasteiger partial charge in [0, 0.05) is 11.6 Å². The zero-order valence-electron chi connectivity index (χ0n) is 16.5. The predicted octanol–water partition coefficient (Wildman–Crippen LogP) is 2.51. The first-order chi connectivity index (χ1) is 12.6. The Labute approximate surface area is 164 Å². The van der Waals surface area contributed by atoms with Crippen LogP contribution in [0.15, 0.2) is 11.6 Å². The van der Waals surface area contributed by atoms with Crippen LogP contribution in [0.1, 0.15) is 47.5 Å². The maximum atomic E-state index is 12.9. The summed E-state index contributed by atoms with van der Waals surface area (Å²) in [6, 6.07) is -1.43. The molecule has 0 saturated heterocycles. The molecule has 0 unspecified atom stereocenters. The molecule has 1 rings (SSSR count). The first kappa shape index (κ1) is 23.0. The van der Waals surface area contributed by atoms with E-state index >= 15 is 0 Å². The summed E-state index contributed by atoms with van der Waals surface area (Å²) in [5, 5.41) is 18.0. The van der Waals surface area contributed by atoms with Crippen LogP contribution < -0.4 is 10.6 Å². The number of hydrogen-bond donors (Lipinski definition) is 3. The van der Waals surface area contributed by atoms with Gasteiger partial charge in [0.05, 0.1) is 12.0 Å².